The minimum atomic E-state index is -0.193. The number of aromatic nitrogens is 5. The van der Waals surface area contributed by atoms with E-state index in [-0.39, 0.29) is 6.04 Å². The Morgan fingerprint density at radius 2 is 1.92 bits per heavy atom. The van der Waals surface area contributed by atoms with Crippen molar-refractivity contribution in [1.82, 2.24) is 25.1 Å². The van der Waals surface area contributed by atoms with Gasteiger partial charge in [-0.25, -0.2) is 4.68 Å². The number of nitrogens with zero attached hydrogens (tertiary/aromatic N) is 5. The Morgan fingerprint density at radius 3 is 2.73 bits per heavy atom. The molecule has 2 aromatic heterocycles. The van der Waals surface area contributed by atoms with Crippen molar-refractivity contribution in [3.8, 4) is 22.8 Å². The summed E-state index contributed by atoms with van der Waals surface area (Å²) in [5.74, 6) is 3.20. The summed E-state index contributed by atoms with van der Waals surface area (Å²) >= 11 is 0. The van der Waals surface area contributed by atoms with Crippen LogP contribution in [-0.2, 0) is 6.42 Å². The molecular formula is C18H21N5O3. The van der Waals surface area contributed by atoms with Crippen LogP contribution in [0.3, 0.4) is 0 Å². The molecule has 1 aliphatic heterocycles. The van der Waals surface area contributed by atoms with Crippen molar-refractivity contribution in [3.63, 3.8) is 0 Å². The zero-order valence-corrected chi connectivity index (χ0v) is 15.0. The molecule has 0 aliphatic carbocycles. The van der Waals surface area contributed by atoms with Gasteiger partial charge in [0.15, 0.2) is 17.3 Å². The third-order valence-corrected chi connectivity index (χ3v) is 4.18. The van der Waals surface area contributed by atoms with E-state index in [1.54, 1.807) is 4.68 Å². The topological polar surface area (TPSA) is 88.1 Å². The predicted octanol–water partition coefficient (Wildman–Crippen LogP) is 2.91. The van der Waals surface area contributed by atoms with E-state index < -0.39 is 0 Å². The molecule has 8 heteroatoms. The lowest BCUT2D eigenvalue weighted by atomic mass is 10.1. The molecule has 3 heterocycles. The largest absolute Gasteiger partial charge is 0.486 e. The molecule has 0 saturated heterocycles. The van der Waals surface area contributed by atoms with Crippen LogP contribution in [0.5, 0.6) is 11.5 Å². The number of ether oxygens (including phenoxy) is 2. The van der Waals surface area contributed by atoms with E-state index in [0.29, 0.717) is 30.8 Å². The summed E-state index contributed by atoms with van der Waals surface area (Å²) in [6, 6.07) is 5.56. The zero-order valence-electron chi connectivity index (χ0n) is 15.0. The maximum atomic E-state index is 5.63. The van der Waals surface area contributed by atoms with Gasteiger partial charge in [0.05, 0.1) is 6.20 Å². The van der Waals surface area contributed by atoms with Crippen molar-refractivity contribution in [2.24, 2.45) is 5.92 Å². The summed E-state index contributed by atoms with van der Waals surface area (Å²) < 4.78 is 18.3. The van der Waals surface area contributed by atoms with Gasteiger partial charge < -0.3 is 14.0 Å². The van der Waals surface area contributed by atoms with Crippen LogP contribution in [0.25, 0.3) is 11.3 Å². The Bertz CT molecular complexity index is 902. The Hall–Kier alpha value is -2.90. The van der Waals surface area contributed by atoms with E-state index >= 15 is 0 Å². The molecule has 0 bridgehead atoms. The van der Waals surface area contributed by atoms with Gasteiger partial charge in [0.2, 0.25) is 0 Å². The zero-order chi connectivity index (χ0) is 18.1. The molecule has 4 rings (SSSR count). The second kappa shape index (κ2) is 6.78. The highest BCUT2D eigenvalue weighted by Crippen LogP contribution is 2.34. The monoisotopic (exact) mass is 355 g/mol. The molecular weight excluding hydrogens is 334 g/mol. The van der Waals surface area contributed by atoms with Gasteiger partial charge in [-0.1, -0.05) is 24.2 Å². The highest BCUT2D eigenvalue weighted by atomic mass is 16.6. The number of fused-ring (bicyclic) bond motifs is 1. The molecule has 0 amide bonds. The van der Waals surface area contributed by atoms with Crippen LogP contribution in [-0.4, -0.2) is 38.3 Å². The number of rotatable bonds is 5. The third kappa shape index (κ3) is 3.26. The van der Waals surface area contributed by atoms with E-state index in [1.165, 1.54) is 0 Å². The summed E-state index contributed by atoms with van der Waals surface area (Å²) in [4.78, 5) is 4.46. The fourth-order valence-electron chi connectivity index (χ4n) is 2.80. The predicted molar refractivity (Wildman–Crippen MR) is 93.1 cm³/mol. The summed E-state index contributed by atoms with van der Waals surface area (Å²) in [6.07, 6.45) is 2.65. The first-order valence-electron chi connectivity index (χ1n) is 8.74. The molecule has 0 unspecified atom stereocenters. The molecule has 136 valence electrons. The lowest BCUT2D eigenvalue weighted by Gasteiger charge is -2.18. The lowest BCUT2D eigenvalue weighted by molar-refractivity contribution is 0.171. The van der Waals surface area contributed by atoms with Crippen molar-refractivity contribution in [2.75, 3.05) is 13.2 Å². The SMILES string of the molecule is CC(C)Cc1noc([C@H](C)n2cc(-c3ccc4c(c3)OCCO4)nn2)n1. The lowest BCUT2D eigenvalue weighted by Crippen LogP contribution is -2.15. The van der Waals surface area contributed by atoms with Gasteiger partial charge in [-0.05, 0) is 31.0 Å². The molecule has 0 radical (unpaired) electrons. The smallest absolute Gasteiger partial charge is 0.251 e. The van der Waals surface area contributed by atoms with E-state index in [0.717, 1.165) is 29.2 Å². The van der Waals surface area contributed by atoms with Crippen molar-refractivity contribution >= 4 is 0 Å². The van der Waals surface area contributed by atoms with Gasteiger partial charge in [-0.3, -0.25) is 0 Å². The summed E-state index contributed by atoms with van der Waals surface area (Å²) in [6.45, 7) is 7.32. The van der Waals surface area contributed by atoms with Crippen LogP contribution >= 0.6 is 0 Å². The first-order chi connectivity index (χ1) is 12.6. The maximum Gasteiger partial charge on any atom is 0.251 e. The van der Waals surface area contributed by atoms with Gasteiger partial charge in [-0.2, -0.15) is 4.98 Å². The van der Waals surface area contributed by atoms with Crippen LogP contribution < -0.4 is 9.47 Å². The molecule has 0 spiro atoms. The molecule has 0 fully saturated rings. The average molecular weight is 355 g/mol. The summed E-state index contributed by atoms with van der Waals surface area (Å²) in [5, 5.41) is 12.5. The first-order valence-corrected chi connectivity index (χ1v) is 8.74. The second-order valence-electron chi connectivity index (χ2n) is 6.77. The standard InChI is InChI=1S/C18H21N5O3/c1-11(2)8-17-19-18(26-21-17)12(3)23-10-14(20-22-23)13-4-5-15-16(9-13)25-7-6-24-15/h4-5,9-12H,6-8H2,1-3H3/t12-/m0/s1. The van der Waals surface area contributed by atoms with Crippen LogP contribution in [0.4, 0.5) is 0 Å². The van der Waals surface area contributed by atoms with E-state index in [2.05, 4.69) is 34.3 Å². The Kier molecular flexibility index (Phi) is 4.32. The molecule has 8 nitrogen and oxygen atoms in total. The fraction of sp³-hybridized carbons (Fsp3) is 0.444. The first kappa shape index (κ1) is 16.6. The van der Waals surface area contributed by atoms with Gasteiger partial charge in [0.1, 0.15) is 24.9 Å². The fourth-order valence-corrected chi connectivity index (χ4v) is 2.80. The summed E-state index contributed by atoms with van der Waals surface area (Å²) in [5.41, 5.74) is 1.66. The maximum absolute atomic E-state index is 5.63. The highest BCUT2D eigenvalue weighted by molar-refractivity contribution is 5.63. The van der Waals surface area contributed by atoms with Crippen molar-refractivity contribution < 1.29 is 14.0 Å². The van der Waals surface area contributed by atoms with Crippen LogP contribution in [0, 0.1) is 5.92 Å². The molecule has 0 saturated carbocycles. The Morgan fingerprint density at radius 1 is 1.12 bits per heavy atom. The number of hydrogen-bond acceptors (Lipinski definition) is 7. The molecule has 1 aliphatic rings. The van der Waals surface area contributed by atoms with Crippen molar-refractivity contribution in [2.45, 2.75) is 33.2 Å². The summed E-state index contributed by atoms with van der Waals surface area (Å²) in [7, 11) is 0. The van der Waals surface area contributed by atoms with Crippen LogP contribution in [0.15, 0.2) is 28.9 Å². The van der Waals surface area contributed by atoms with Gasteiger partial charge in [-0.15, -0.1) is 5.10 Å². The minimum Gasteiger partial charge on any atom is -0.486 e. The minimum absolute atomic E-state index is 0.193. The van der Waals surface area contributed by atoms with E-state index in [4.69, 9.17) is 14.0 Å². The number of hydrogen-bond donors (Lipinski definition) is 0. The Balaban J connectivity index is 1.55. The van der Waals surface area contributed by atoms with Gasteiger partial charge in [0, 0.05) is 12.0 Å². The molecule has 0 N–H and O–H groups in total. The van der Waals surface area contributed by atoms with Crippen molar-refractivity contribution in [1.29, 1.82) is 0 Å². The second-order valence-corrected chi connectivity index (χ2v) is 6.77. The molecule has 3 aromatic rings. The quantitative estimate of drug-likeness (QED) is 0.695. The highest BCUT2D eigenvalue weighted by Gasteiger charge is 2.19. The average Bonchev–Trinajstić information content (AvgIpc) is 3.30. The van der Waals surface area contributed by atoms with Gasteiger partial charge >= 0.3 is 0 Å². The molecule has 1 aromatic carbocycles. The van der Waals surface area contributed by atoms with E-state index in [1.807, 2.05) is 31.3 Å². The van der Waals surface area contributed by atoms with E-state index in [9.17, 15) is 0 Å². The van der Waals surface area contributed by atoms with Crippen molar-refractivity contribution in [3.05, 3.63) is 36.1 Å². The molecule has 26 heavy (non-hydrogen) atoms. The van der Waals surface area contributed by atoms with Gasteiger partial charge in [0.25, 0.3) is 5.89 Å². The van der Waals surface area contributed by atoms with Crippen LogP contribution in [0.2, 0.25) is 0 Å². The normalized spacial score (nSPS) is 14.6. The third-order valence-electron chi connectivity index (χ3n) is 4.18. The van der Waals surface area contributed by atoms with Crippen LogP contribution in [0.1, 0.15) is 38.5 Å². The molecule has 1 atom stereocenters. The Labute approximate surface area is 151 Å². The number of benzene rings is 1.